The van der Waals surface area contributed by atoms with Crippen molar-refractivity contribution in [2.24, 2.45) is 11.7 Å². The molecule has 37 heavy (non-hydrogen) atoms. The molecule has 0 unspecified atom stereocenters. The number of halogens is 5. The fourth-order valence-electron chi connectivity index (χ4n) is 5.15. The maximum atomic E-state index is 14.7. The van der Waals surface area contributed by atoms with Gasteiger partial charge < -0.3 is 16.4 Å². The largest absolute Gasteiger partial charge is 0.369 e. The van der Waals surface area contributed by atoms with E-state index in [4.69, 9.17) is 28.9 Å². The highest BCUT2D eigenvalue weighted by Crippen LogP contribution is 2.39. The highest BCUT2D eigenvalue weighted by molar-refractivity contribution is 6.36. The first-order valence-electron chi connectivity index (χ1n) is 12.2. The van der Waals surface area contributed by atoms with Crippen LogP contribution in [-0.4, -0.2) is 37.4 Å². The molecule has 2 aromatic heterocycles. The van der Waals surface area contributed by atoms with Gasteiger partial charge >= 0.3 is 0 Å². The van der Waals surface area contributed by atoms with E-state index in [0.29, 0.717) is 61.6 Å². The van der Waals surface area contributed by atoms with Crippen LogP contribution in [0.3, 0.4) is 0 Å². The zero-order valence-corrected chi connectivity index (χ0v) is 21.3. The summed E-state index contributed by atoms with van der Waals surface area (Å²) in [6, 6.07) is 2.30. The van der Waals surface area contributed by atoms with Crippen LogP contribution in [0.2, 0.25) is 10.0 Å². The molecule has 1 amide bonds. The summed E-state index contributed by atoms with van der Waals surface area (Å²) in [4.78, 5) is 25.3. The number of anilines is 3. The lowest BCUT2D eigenvalue weighted by Crippen LogP contribution is -2.32. The van der Waals surface area contributed by atoms with Crippen molar-refractivity contribution in [2.75, 3.05) is 10.6 Å². The van der Waals surface area contributed by atoms with E-state index in [0.717, 1.165) is 6.07 Å². The molecule has 0 radical (unpaired) electrons. The number of carbonyl (C=O) groups is 1. The van der Waals surface area contributed by atoms with Gasteiger partial charge in [-0.3, -0.25) is 9.36 Å². The van der Waals surface area contributed by atoms with E-state index in [9.17, 15) is 18.0 Å². The van der Waals surface area contributed by atoms with Gasteiger partial charge in [0.1, 0.15) is 11.3 Å². The second-order valence-corrected chi connectivity index (χ2v) is 10.6. The van der Waals surface area contributed by atoms with Gasteiger partial charge in [-0.25, -0.2) is 23.1 Å². The van der Waals surface area contributed by atoms with Crippen LogP contribution >= 0.6 is 23.2 Å². The first kappa shape index (κ1) is 25.8. The number of hydrogen-bond donors (Lipinski definition) is 3. The Bertz CT molecular complexity index is 1290. The van der Waals surface area contributed by atoms with E-state index in [1.165, 1.54) is 6.07 Å². The molecule has 0 spiro atoms. The lowest BCUT2D eigenvalue weighted by atomic mass is 9.85. The van der Waals surface area contributed by atoms with Crippen molar-refractivity contribution in [3.05, 3.63) is 34.2 Å². The summed E-state index contributed by atoms with van der Waals surface area (Å²) in [7, 11) is 0. The number of amides is 1. The number of imidazole rings is 1. The van der Waals surface area contributed by atoms with E-state index in [1.807, 2.05) is 4.57 Å². The predicted octanol–water partition coefficient (Wildman–Crippen LogP) is 6.22. The van der Waals surface area contributed by atoms with Crippen LogP contribution in [0.25, 0.3) is 11.2 Å². The Labute approximate surface area is 221 Å². The van der Waals surface area contributed by atoms with Crippen LogP contribution in [0.1, 0.15) is 57.4 Å². The first-order chi connectivity index (χ1) is 17.6. The second kappa shape index (κ2) is 10.2. The molecule has 0 aliphatic heterocycles. The molecule has 2 fully saturated rings. The molecule has 2 aliphatic carbocycles. The zero-order valence-electron chi connectivity index (χ0n) is 19.8. The Kier molecular flexibility index (Phi) is 7.10. The van der Waals surface area contributed by atoms with Crippen molar-refractivity contribution in [3.8, 4) is 0 Å². The van der Waals surface area contributed by atoms with Gasteiger partial charge in [-0.05, 0) is 50.7 Å². The van der Waals surface area contributed by atoms with Crippen molar-refractivity contribution >= 4 is 57.9 Å². The third-order valence-corrected chi connectivity index (χ3v) is 7.71. The van der Waals surface area contributed by atoms with Gasteiger partial charge in [-0.2, -0.15) is 4.98 Å². The third-order valence-electron chi connectivity index (χ3n) is 7.19. The van der Waals surface area contributed by atoms with Crippen LogP contribution in [0.4, 0.5) is 30.8 Å². The molecule has 0 saturated heterocycles. The molecule has 3 aromatic rings. The minimum Gasteiger partial charge on any atom is -0.369 e. The average Bonchev–Trinajstić information content (AvgIpc) is 3.20. The average molecular weight is 556 g/mol. The summed E-state index contributed by atoms with van der Waals surface area (Å²) in [5.41, 5.74) is 6.49. The Morgan fingerprint density at radius 2 is 1.78 bits per heavy atom. The Morgan fingerprint density at radius 3 is 2.43 bits per heavy atom. The van der Waals surface area contributed by atoms with Crippen molar-refractivity contribution in [2.45, 2.75) is 69.4 Å². The standard InChI is InChI=1S/C24H26Cl2F3N7O/c25-13-9-16(26)19(17(27)10-13)34-23-33-18-11-31-22(32-14-5-7-24(28,29)8-6-14)35-21(18)36(23)15-3-1-12(2-4-15)20(30)37/h9-12,14-15H,1-8H2,(H2,30,37)(H,33,34)(H,31,32,35). The number of rotatable bonds is 6. The molecule has 0 bridgehead atoms. The van der Waals surface area contributed by atoms with Crippen molar-refractivity contribution in [1.29, 1.82) is 0 Å². The Balaban J connectivity index is 1.49. The van der Waals surface area contributed by atoms with Gasteiger partial charge in [-0.1, -0.05) is 23.2 Å². The predicted molar refractivity (Wildman–Crippen MR) is 136 cm³/mol. The molecule has 4 N–H and O–H groups in total. The van der Waals surface area contributed by atoms with E-state index in [1.54, 1.807) is 6.20 Å². The molecule has 2 aliphatic rings. The maximum absolute atomic E-state index is 14.7. The molecular weight excluding hydrogens is 530 g/mol. The van der Waals surface area contributed by atoms with Crippen molar-refractivity contribution in [3.63, 3.8) is 0 Å². The maximum Gasteiger partial charge on any atom is 0.248 e. The number of primary amides is 1. The number of nitrogens with two attached hydrogens (primary N) is 1. The molecule has 1 aromatic carbocycles. The van der Waals surface area contributed by atoms with Gasteiger partial charge in [0.2, 0.25) is 23.7 Å². The Morgan fingerprint density at radius 1 is 1.08 bits per heavy atom. The fourth-order valence-corrected chi connectivity index (χ4v) is 5.67. The van der Waals surface area contributed by atoms with E-state index in [-0.39, 0.29) is 52.5 Å². The van der Waals surface area contributed by atoms with E-state index < -0.39 is 11.7 Å². The number of fused-ring (bicyclic) bond motifs is 1. The van der Waals surface area contributed by atoms with Gasteiger partial charge in [0.05, 0.1) is 16.9 Å². The number of alkyl halides is 2. The van der Waals surface area contributed by atoms with Crippen LogP contribution in [-0.2, 0) is 4.79 Å². The van der Waals surface area contributed by atoms with E-state index in [2.05, 4.69) is 25.6 Å². The molecule has 0 atom stereocenters. The smallest absolute Gasteiger partial charge is 0.248 e. The molecule has 2 heterocycles. The molecule has 8 nitrogen and oxygen atoms in total. The number of nitrogens with zero attached hydrogens (tertiary/aromatic N) is 4. The normalized spacial score (nSPS) is 22.2. The summed E-state index contributed by atoms with van der Waals surface area (Å²) >= 11 is 12.2. The van der Waals surface area contributed by atoms with Gasteiger partial charge in [0, 0.05) is 35.9 Å². The van der Waals surface area contributed by atoms with Gasteiger partial charge in [0.15, 0.2) is 5.65 Å². The minimum absolute atomic E-state index is 0.0166. The highest BCUT2D eigenvalue weighted by Gasteiger charge is 2.35. The van der Waals surface area contributed by atoms with Crippen LogP contribution in [0.5, 0.6) is 0 Å². The van der Waals surface area contributed by atoms with Crippen molar-refractivity contribution < 1.29 is 18.0 Å². The molecular formula is C24H26Cl2F3N7O. The number of benzene rings is 1. The van der Waals surface area contributed by atoms with Gasteiger partial charge in [0.25, 0.3) is 0 Å². The number of nitrogens with one attached hydrogen (secondary N) is 2. The van der Waals surface area contributed by atoms with E-state index >= 15 is 0 Å². The third kappa shape index (κ3) is 5.57. The minimum atomic E-state index is -2.63. The van der Waals surface area contributed by atoms with Crippen LogP contribution < -0.4 is 16.4 Å². The summed E-state index contributed by atoms with van der Waals surface area (Å²) < 4.78 is 43.7. The first-order valence-corrected chi connectivity index (χ1v) is 13.0. The summed E-state index contributed by atoms with van der Waals surface area (Å²) in [6.45, 7) is 0. The molecule has 13 heteroatoms. The molecule has 198 valence electrons. The van der Waals surface area contributed by atoms with Gasteiger partial charge in [-0.15, -0.1) is 0 Å². The lowest BCUT2D eigenvalue weighted by Gasteiger charge is -2.29. The van der Waals surface area contributed by atoms with Crippen LogP contribution in [0, 0.1) is 11.7 Å². The molecule has 2 saturated carbocycles. The highest BCUT2D eigenvalue weighted by atomic mass is 35.5. The SMILES string of the molecule is NC(=O)C1CCC(n2c(Nc3c(F)cc(Cl)cc3Cl)nc3cnc(NC4CCC(F)(F)CC4)nc32)CC1. The number of carbonyl (C=O) groups excluding carboxylic acids is 1. The lowest BCUT2D eigenvalue weighted by molar-refractivity contribution is -0.122. The number of hydrogen-bond acceptors (Lipinski definition) is 6. The Hall–Kier alpha value is -2.79. The van der Waals surface area contributed by atoms with Crippen molar-refractivity contribution in [1.82, 2.24) is 19.5 Å². The topological polar surface area (TPSA) is 111 Å². The second-order valence-electron chi connectivity index (χ2n) is 9.76. The van der Waals surface area contributed by atoms with Crippen LogP contribution in [0.15, 0.2) is 18.3 Å². The summed E-state index contributed by atoms with van der Waals surface area (Å²) in [5.74, 6) is -3.20. The quantitative estimate of drug-likeness (QED) is 0.333. The summed E-state index contributed by atoms with van der Waals surface area (Å²) in [5, 5.41) is 6.41. The number of aromatic nitrogens is 4. The monoisotopic (exact) mass is 555 g/mol. The fraction of sp³-hybridized carbons (Fsp3) is 0.500. The zero-order chi connectivity index (χ0) is 26.3. The molecule has 5 rings (SSSR count). The summed E-state index contributed by atoms with van der Waals surface area (Å²) in [6.07, 6.45) is 4.26.